The van der Waals surface area contributed by atoms with Crippen molar-refractivity contribution >= 4 is 5.91 Å². The number of aliphatic hydroxyl groups is 1. The summed E-state index contributed by atoms with van der Waals surface area (Å²) in [6.07, 6.45) is 3.61. The number of carbonyl (C=O) groups is 1. The highest BCUT2D eigenvalue weighted by atomic mass is 16.5. The monoisotopic (exact) mass is 334 g/mol. The molecule has 5 heteroatoms. The first kappa shape index (κ1) is 18.7. The summed E-state index contributed by atoms with van der Waals surface area (Å²) in [5.41, 5.74) is 0.931. The van der Waals surface area contributed by atoms with Crippen molar-refractivity contribution < 1.29 is 14.6 Å². The van der Waals surface area contributed by atoms with Gasteiger partial charge in [-0.1, -0.05) is 38.5 Å². The predicted molar refractivity (Wildman–Crippen MR) is 94.9 cm³/mol. The van der Waals surface area contributed by atoms with Crippen molar-refractivity contribution in [1.82, 2.24) is 10.2 Å². The fraction of sp³-hybridized carbons (Fsp3) is 0.632. The smallest absolute Gasteiger partial charge is 0.237 e. The standard InChI is InChI=1S/C19H30N2O3/c1-15(2)18(21-10-6-3-7-11-21)19(23)20-14-16-8-4-5-9-17(16)24-13-12-22/h4-5,8-9,15,18,22H,3,6-7,10-14H2,1-2H3,(H,20,23). The summed E-state index contributed by atoms with van der Waals surface area (Å²) in [5.74, 6) is 1.08. The Morgan fingerprint density at radius 2 is 1.96 bits per heavy atom. The molecule has 134 valence electrons. The fourth-order valence-electron chi connectivity index (χ4n) is 3.32. The van der Waals surface area contributed by atoms with Gasteiger partial charge in [0.1, 0.15) is 12.4 Å². The first-order valence-corrected chi connectivity index (χ1v) is 8.96. The van der Waals surface area contributed by atoms with Gasteiger partial charge in [0, 0.05) is 12.1 Å². The van der Waals surface area contributed by atoms with Crippen LogP contribution >= 0.6 is 0 Å². The Hall–Kier alpha value is -1.59. The van der Waals surface area contributed by atoms with Gasteiger partial charge in [0.15, 0.2) is 0 Å². The number of hydrogen-bond donors (Lipinski definition) is 2. The minimum absolute atomic E-state index is 0.0227. The van der Waals surface area contributed by atoms with E-state index in [1.54, 1.807) is 0 Å². The Morgan fingerprint density at radius 1 is 1.25 bits per heavy atom. The highest BCUT2D eigenvalue weighted by Gasteiger charge is 2.29. The third kappa shape index (κ3) is 5.21. The van der Waals surface area contributed by atoms with E-state index < -0.39 is 0 Å². The molecule has 2 N–H and O–H groups in total. The van der Waals surface area contributed by atoms with Gasteiger partial charge in [-0.3, -0.25) is 9.69 Å². The van der Waals surface area contributed by atoms with Crippen LogP contribution in [0.25, 0.3) is 0 Å². The molecule has 24 heavy (non-hydrogen) atoms. The molecule has 0 radical (unpaired) electrons. The van der Waals surface area contributed by atoms with Crippen molar-refractivity contribution in [3.63, 3.8) is 0 Å². The number of carbonyl (C=O) groups excluding carboxylic acids is 1. The topological polar surface area (TPSA) is 61.8 Å². The van der Waals surface area contributed by atoms with Crippen molar-refractivity contribution in [2.75, 3.05) is 26.3 Å². The van der Waals surface area contributed by atoms with E-state index in [2.05, 4.69) is 24.1 Å². The number of nitrogens with one attached hydrogen (secondary N) is 1. The summed E-state index contributed by atoms with van der Waals surface area (Å²) in [5, 5.41) is 12.0. The molecule has 1 aliphatic rings. The third-order valence-corrected chi connectivity index (χ3v) is 4.46. The Kier molecular flexibility index (Phi) is 7.53. The number of likely N-dealkylation sites (tertiary alicyclic amines) is 1. The molecule has 0 spiro atoms. The molecule has 5 nitrogen and oxygen atoms in total. The second-order valence-electron chi connectivity index (χ2n) is 6.68. The molecule has 1 aromatic rings. The Balaban J connectivity index is 1.97. The average Bonchev–Trinajstić information content (AvgIpc) is 2.59. The lowest BCUT2D eigenvalue weighted by atomic mass is 9.98. The minimum atomic E-state index is -0.0733. The number of nitrogens with zero attached hydrogens (tertiary/aromatic N) is 1. The van der Waals surface area contributed by atoms with Gasteiger partial charge < -0.3 is 15.2 Å². The summed E-state index contributed by atoms with van der Waals surface area (Å²) in [6.45, 7) is 6.91. The zero-order valence-electron chi connectivity index (χ0n) is 14.8. The van der Waals surface area contributed by atoms with E-state index in [0.29, 0.717) is 12.3 Å². The maximum atomic E-state index is 12.7. The van der Waals surface area contributed by atoms with E-state index in [4.69, 9.17) is 9.84 Å². The molecule has 1 saturated heterocycles. The summed E-state index contributed by atoms with van der Waals surface area (Å²) >= 11 is 0. The Labute approximate surface area is 145 Å². The van der Waals surface area contributed by atoms with E-state index in [0.717, 1.165) is 18.7 Å². The summed E-state index contributed by atoms with van der Waals surface area (Å²) in [7, 11) is 0. The van der Waals surface area contributed by atoms with Crippen LogP contribution in [0.3, 0.4) is 0 Å². The van der Waals surface area contributed by atoms with Crippen LogP contribution in [0.1, 0.15) is 38.7 Å². The van der Waals surface area contributed by atoms with E-state index in [1.807, 2.05) is 24.3 Å². The minimum Gasteiger partial charge on any atom is -0.491 e. The lowest BCUT2D eigenvalue weighted by Crippen LogP contribution is -2.51. The van der Waals surface area contributed by atoms with Gasteiger partial charge in [-0.2, -0.15) is 0 Å². The van der Waals surface area contributed by atoms with Crippen LogP contribution in [0.5, 0.6) is 5.75 Å². The molecule has 1 aliphatic heterocycles. The molecule has 1 amide bonds. The summed E-state index contributed by atoms with van der Waals surface area (Å²) < 4.78 is 5.53. The second-order valence-corrected chi connectivity index (χ2v) is 6.68. The number of piperidine rings is 1. The van der Waals surface area contributed by atoms with Crippen LogP contribution in [0.4, 0.5) is 0 Å². The average molecular weight is 334 g/mol. The van der Waals surface area contributed by atoms with Gasteiger partial charge in [-0.15, -0.1) is 0 Å². The maximum absolute atomic E-state index is 12.7. The molecule has 1 fully saturated rings. The number of hydrogen-bond acceptors (Lipinski definition) is 4. The molecule has 0 aromatic heterocycles. The van der Waals surface area contributed by atoms with Crippen LogP contribution in [0.2, 0.25) is 0 Å². The van der Waals surface area contributed by atoms with Gasteiger partial charge in [0.25, 0.3) is 0 Å². The second kappa shape index (κ2) is 9.64. The molecule has 1 atom stereocenters. The normalized spacial score (nSPS) is 16.8. The molecule has 0 bridgehead atoms. The third-order valence-electron chi connectivity index (χ3n) is 4.46. The first-order valence-electron chi connectivity index (χ1n) is 8.96. The lowest BCUT2D eigenvalue weighted by Gasteiger charge is -2.35. The van der Waals surface area contributed by atoms with Gasteiger partial charge in [0.2, 0.25) is 5.91 Å². The number of amides is 1. The number of para-hydroxylation sites is 1. The molecule has 0 aliphatic carbocycles. The Morgan fingerprint density at radius 3 is 2.62 bits per heavy atom. The van der Waals surface area contributed by atoms with Gasteiger partial charge in [-0.05, 0) is 37.9 Å². The highest BCUT2D eigenvalue weighted by molar-refractivity contribution is 5.82. The molecular formula is C19H30N2O3. The molecule has 1 unspecified atom stereocenters. The quantitative estimate of drug-likeness (QED) is 0.765. The fourth-order valence-corrected chi connectivity index (χ4v) is 3.32. The number of aliphatic hydroxyl groups excluding tert-OH is 1. The van der Waals surface area contributed by atoms with Crippen molar-refractivity contribution in [2.45, 2.75) is 45.7 Å². The number of ether oxygens (including phenoxy) is 1. The van der Waals surface area contributed by atoms with Crippen molar-refractivity contribution in [2.24, 2.45) is 5.92 Å². The van der Waals surface area contributed by atoms with Crippen LogP contribution in [-0.2, 0) is 11.3 Å². The van der Waals surface area contributed by atoms with Gasteiger partial charge in [-0.25, -0.2) is 0 Å². The summed E-state index contributed by atoms with van der Waals surface area (Å²) in [6, 6.07) is 7.55. The van der Waals surface area contributed by atoms with Crippen molar-refractivity contribution in [1.29, 1.82) is 0 Å². The molecular weight excluding hydrogens is 304 g/mol. The number of benzene rings is 1. The SMILES string of the molecule is CC(C)C(C(=O)NCc1ccccc1OCCO)N1CCCCC1. The van der Waals surface area contributed by atoms with E-state index in [1.165, 1.54) is 19.3 Å². The maximum Gasteiger partial charge on any atom is 0.237 e. The molecule has 2 rings (SSSR count). The Bertz CT molecular complexity index is 513. The van der Waals surface area contributed by atoms with Crippen molar-refractivity contribution in [3.05, 3.63) is 29.8 Å². The first-order chi connectivity index (χ1) is 11.6. The van der Waals surface area contributed by atoms with Crippen LogP contribution in [0.15, 0.2) is 24.3 Å². The molecule has 1 aromatic carbocycles. The lowest BCUT2D eigenvalue weighted by molar-refractivity contribution is -0.128. The zero-order chi connectivity index (χ0) is 17.4. The highest BCUT2D eigenvalue weighted by Crippen LogP contribution is 2.20. The summed E-state index contributed by atoms with van der Waals surface area (Å²) in [4.78, 5) is 15.1. The van der Waals surface area contributed by atoms with Crippen LogP contribution in [-0.4, -0.2) is 48.3 Å². The van der Waals surface area contributed by atoms with Crippen LogP contribution < -0.4 is 10.1 Å². The largest absolute Gasteiger partial charge is 0.491 e. The zero-order valence-corrected chi connectivity index (χ0v) is 14.8. The van der Waals surface area contributed by atoms with E-state index in [-0.39, 0.29) is 31.1 Å². The van der Waals surface area contributed by atoms with E-state index in [9.17, 15) is 4.79 Å². The van der Waals surface area contributed by atoms with Crippen molar-refractivity contribution in [3.8, 4) is 5.75 Å². The van der Waals surface area contributed by atoms with E-state index >= 15 is 0 Å². The van der Waals surface area contributed by atoms with Crippen LogP contribution in [0, 0.1) is 5.92 Å². The molecule has 0 saturated carbocycles. The van der Waals surface area contributed by atoms with Gasteiger partial charge in [0.05, 0.1) is 12.6 Å². The van der Waals surface area contributed by atoms with Gasteiger partial charge >= 0.3 is 0 Å². The number of rotatable bonds is 8. The molecule has 1 heterocycles. The predicted octanol–water partition coefficient (Wildman–Crippen LogP) is 2.18.